The second-order valence-electron chi connectivity index (χ2n) is 9.19. The van der Waals surface area contributed by atoms with E-state index in [-0.39, 0.29) is 17.6 Å². The Kier molecular flexibility index (Phi) is 5.24. The topological polar surface area (TPSA) is 53.0 Å². The monoisotopic (exact) mass is 404 g/mol. The Morgan fingerprint density at radius 3 is 2.71 bits per heavy atom. The molecule has 4 aliphatic rings. The number of carbonyl (C=O) groups excluding carboxylic acids is 1. The number of hydrogen-bond acceptors (Lipinski definition) is 5. The van der Waals surface area contributed by atoms with Gasteiger partial charge in [-0.1, -0.05) is 12.8 Å². The summed E-state index contributed by atoms with van der Waals surface area (Å²) in [6.45, 7) is 5.38. The van der Waals surface area contributed by atoms with Crippen molar-refractivity contribution in [3.63, 3.8) is 0 Å². The molecule has 1 aromatic rings. The van der Waals surface area contributed by atoms with E-state index in [0.29, 0.717) is 19.5 Å². The second kappa shape index (κ2) is 7.71. The summed E-state index contributed by atoms with van der Waals surface area (Å²) in [4.78, 5) is 19.5. The van der Waals surface area contributed by atoms with Crippen LogP contribution in [-0.2, 0) is 16.8 Å². The van der Waals surface area contributed by atoms with Crippen molar-refractivity contribution in [1.29, 1.82) is 0 Å². The van der Waals surface area contributed by atoms with E-state index in [1.54, 1.807) is 16.2 Å². The number of hydrogen-bond donors (Lipinski definition) is 1. The number of aliphatic hydroxyl groups excluding tert-OH is 1. The van der Waals surface area contributed by atoms with Crippen molar-refractivity contribution in [2.45, 2.75) is 63.1 Å². The number of amides is 1. The van der Waals surface area contributed by atoms with Crippen LogP contribution in [0.4, 0.5) is 0 Å². The maximum absolute atomic E-state index is 12.9. The lowest BCUT2D eigenvalue weighted by Gasteiger charge is -2.44. The van der Waals surface area contributed by atoms with E-state index in [1.807, 2.05) is 0 Å². The van der Waals surface area contributed by atoms with Gasteiger partial charge in [-0.15, -0.1) is 11.3 Å². The number of fused-ring (bicyclic) bond motifs is 2. The molecule has 1 N–H and O–H groups in total. The minimum atomic E-state index is -0.364. The van der Waals surface area contributed by atoms with Crippen LogP contribution in [0.5, 0.6) is 0 Å². The Labute approximate surface area is 171 Å². The van der Waals surface area contributed by atoms with Crippen LogP contribution in [-0.4, -0.2) is 66.2 Å². The van der Waals surface area contributed by atoms with Crippen molar-refractivity contribution in [1.82, 2.24) is 9.80 Å². The Balaban J connectivity index is 1.29. The van der Waals surface area contributed by atoms with Gasteiger partial charge in [-0.25, -0.2) is 0 Å². The van der Waals surface area contributed by atoms with Crippen LogP contribution in [0.15, 0.2) is 6.07 Å². The molecule has 0 bridgehead atoms. The van der Waals surface area contributed by atoms with E-state index in [1.165, 1.54) is 42.7 Å². The van der Waals surface area contributed by atoms with Gasteiger partial charge in [-0.05, 0) is 49.7 Å². The normalized spacial score (nSPS) is 28.2. The first-order valence-electron chi connectivity index (χ1n) is 11.1. The standard InChI is InChI=1S/C22H32N2O3S/c25-17-5-9-24(15-17)21(26)20-13-18-19(28-20)6-12-27-22(18)7-10-23(11-8-22)14-16-3-1-2-4-16/h13,16-17,25H,1-12,14-15H2. The van der Waals surface area contributed by atoms with Crippen molar-refractivity contribution in [2.75, 3.05) is 39.3 Å². The molecule has 3 fully saturated rings. The van der Waals surface area contributed by atoms with E-state index in [0.717, 1.165) is 49.8 Å². The highest BCUT2D eigenvalue weighted by molar-refractivity contribution is 7.14. The zero-order chi connectivity index (χ0) is 19.1. The fourth-order valence-electron chi connectivity index (χ4n) is 5.67. The van der Waals surface area contributed by atoms with Crippen LogP contribution in [0, 0.1) is 5.92 Å². The minimum Gasteiger partial charge on any atom is -0.391 e. The molecule has 1 aliphatic carbocycles. The number of nitrogens with zero attached hydrogens (tertiary/aromatic N) is 2. The van der Waals surface area contributed by atoms with Crippen LogP contribution in [0.2, 0.25) is 0 Å². The Hall–Kier alpha value is -0.950. The highest BCUT2D eigenvalue weighted by Crippen LogP contribution is 2.45. The predicted molar refractivity (Wildman–Crippen MR) is 110 cm³/mol. The lowest BCUT2D eigenvalue weighted by atomic mass is 9.82. The number of thiophene rings is 1. The molecule has 4 heterocycles. The molecule has 2 saturated heterocycles. The van der Waals surface area contributed by atoms with Crippen LogP contribution in [0.3, 0.4) is 0 Å². The molecule has 0 aromatic carbocycles. The number of carbonyl (C=O) groups is 1. The molecule has 1 amide bonds. The van der Waals surface area contributed by atoms with Crippen LogP contribution >= 0.6 is 11.3 Å². The second-order valence-corrected chi connectivity index (χ2v) is 10.3. The molecule has 3 aliphatic heterocycles. The first-order valence-corrected chi connectivity index (χ1v) is 11.9. The van der Waals surface area contributed by atoms with Gasteiger partial charge in [0.1, 0.15) is 0 Å². The van der Waals surface area contributed by atoms with E-state index in [9.17, 15) is 9.90 Å². The highest BCUT2D eigenvalue weighted by Gasteiger charge is 2.43. The van der Waals surface area contributed by atoms with Gasteiger partial charge in [-0.3, -0.25) is 4.79 Å². The Morgan fingerprint density at radius 1 is 1.21 bits per heavy atom. The molecule has 154 valence electrons. The maximum atomic E-state index is 12.9. The molecule has 0 radical (unpaired) electrons. The summed E-state index contributed by atoms with van der Waals surface area (Å²) in [5, 5.41) is 9.77. The highest BCUT2D eigenvalue weighted by atomic mass is 32.1. The van der Waals surface area contributed by atoms with Crippen molar-refractivity contribution >= 4 is 17.2 Å². The van der Waals surface area contributed by atoms with Crippen molar-refractivity contribution in [3.05, 3.63) is 21.4 Å². The third-order valence-electron chi connectivity index (χ3n) is 7.32. The van der Waals surface area contributed by atoms with Crippen LogP contribution in [0.1, 0.15) is 65.1 Å². The zero-order valence-corrected chi connectivity index (χ0v) is 17.5. The molecule has 1 saturated carbocycles. The number of ether oxygens (including phenoxy) is 1. The molecule has 5 nitrogen and oxygen atoms in total. The number of aliphatic hydroxyl groups is 1. The summed E-state index contributed by atoms with van der Waals surface area (Å²) in [6.07, 6.45) is 8.97. The first kappa shape index (κ1) is 19.0. The Morgan fingerprint density at radius 2 is 2.00 bits per heavy atom. The molecular weight excluding hydrogens is 372 g/mol. The summed E-state index contributed by atoms with van der Waals surface area (Å²) in [5.41, 5.74) is 1.10. The third kappa shape index (κ3) is 3.53. The van der Waals surface area contributed by atoms with Crippen molar-refractivity contribution < 1.29 is 14.6 Å². The fraction of sp³-hybridized carbons (Fsp3) is 0.773. The largest absolute Gasteiger partial charge is 0.391 e. The summed E-state index contributed by atoms with van der Waals surface area (Å²) in [5.74, 6) is 0.989. The van der Waals surface area contributed by atoms with Gasteiger partial charge >= 0.3 is 0 Å². The first-order chi connectivity index (χ1) is 13.6. The number of β-amino-alcohol motifs (C(OH)–C–C–N with tert-alkyl or cyclic N) is 1. The van der Waals surface area contributed by atoms with Crippen molar-refractivity contribution in [2.24, 2.45) is 5.92 Å². The molecule has 28 heavy (non-hydrogen) atoms. The zero-order valence-electron chi connectivity index (χ0n) is 16.7. The van der Waals surface area contributed by atoms with Gasteiger partial charge in [-0.2, -0.15) is 0 Å². The summed E-state index contributed by atoms with van der Waals surface area (Å²) < 4.78 is 6.40. The van der Waals surface area contributed by atoms with E-state index in [4.69, 9.17) is 4.74 Å². The molecule has 6 heteroatoms. The van der Waals surface area contributed by atoms with E-state index >= 15 is 0 Å². The lowest BCUT2D eigenvalue weighted by molar-refractivity contribution is -0.0982. The number of likely N-dealkylation sites (tertiary alicyclic amines) is 2. The molecule has 1 unspecified atom stereocenters. The maximum Gasteiger partial charge on any atom is 0.264 e. The van der Waals surface area contributed by atoms with E-state index < -0.39 is 0 Å². The van der Waals surface area contributed by atoms with Gasteiger partial charge in [0.15, 0.2) is 0 Å². The predicted octanol–water partition coefficient (Wildman–Crippen LogP) is 3.01. The molecule has 1 aromatic heterocycles. The van der Waals surface area contributed by atoms with Crippen LogP contribution in [0.25, 0.3) is 0 Å². The summed E-state index contributed by atoms with van der Waals surface area (Å²) in [7, 11) is 0. The quantitative estimate of drug-likeness (QED) is 0.841. The summed E-state index contributed by atoms with van der Waals surface area (Å²) >= 11 is 1.66. The molecular formula is C22H32N2O3S. The van der Waals surface area contributed by atoms with Crippen molar-refractivity contribution in [3.8, 4) is 0 Å². The molecule has 1 spiro atoms. The molecule has 5 rings (SSSR count). The lowest BCUT2D eigenvalue weighted by Crippen LogP contribution is -2.47. The number of piperidine rings is 1. The van der Waals surface area contributed by atoms with Gasteiger partial charge < -0.3 is 19.6 Å². The smallest absolute Gasteiger partial charge is 0.264 e. The van der Waals surface area contributed by atoms with E-state index in [2.05, 4.69) is 11.0 Å². The summed E-state index contributed by atoms with van der Waals surface area (Å²) in [6, 6.07) is 2.12. The van der Waals surface area contributed by atoms with Gasteiger partial charge in [0.25, 0.3) is 5.91 Å². The van der Waals surface area contributed by atoms with Gasteiger partial charge in [0.2, 0.25) is 0 Å². The fourth-order valence-corrected chi connectivity index (χ4v) is 6.87. The Bertz CT molecular complexity index is 719. The third-order valence-corrected chi connectivity index (χ3v) is 8.51. The molecule has 1 atom stereocenters. The van der Waals surface area contributed by atoms with Gasteiger partial charge in [0, 0.05) is 44.0 Å². The minimum absolute atomic E-state index is 0.0877. The average molecular weight is 405 g/mol. The van der Waals surface area contributed by atoms with Gasteiger partial charge in [0.05, 0.1) is 23.2 Å². The van der Waals surface area contributed by atoms with Crippen LogP contribution < -0.4 is 0 Å². The average Bonchev–Trinajstić information content (AvgIpc) is 3.44. The SMILES string of the molecule is O=C(c1cc2c(s1)CCOC21CCN(CC2CCCC2)CC1)N1CCC(O)C1. The number of rotatable bonds is 3.